The second-order valence-electron chi connectivity index (χ2n) is 4.03. The quantitative estimate of drug-likeness (QED) is 0.753. The van der Waals surface area contributed by atoms with Crippen LogP contribution in [0.2, 0.25) is 0 Å². The zero-order chi connectivity index (χ0) is 11.3. The number of hydrogen-bond donors (Lipinski definition) is 2. The van der Waals surface area contributed by atoms with Crippen molar-refractivity contribution in [1.82, 2.24) is 9.78 Å². The zero-order valence-corrected chi connectivity index (χ0v) is 9.77. The molecule has 2 atom stereocenters. The first kappa shape index (κ1) is 12.0. The second kappa shape index (κ2) is 5.75. The van der Waals surface area contributed by atoms with Crippen LogP contribution in [0.4, 0.5) is 5.69 Å². The Morgan fingerprint density at radius 2 is 2.27 bits per heavy atom. The summed E-state index contributed by atoms with van der Waals surface area (Å²) in [6, 6.07) is 0.446. The van der Waals surface area contributed by atoms with Gasteiger partial charge in [-0.1, -0.05) is 20.3 Å². The van der Waals surface area contributed by atoms with Crippen molar-refractivity contribution >= 4 is 5.69 Å². The molecular formula is C11H21N3O. The highest BCUT2D eigenvalue weighted by molar-refractivity contribution is 5.39. The maximum Gasteiger partial charge on any atom is 0.0728 e. The fraction of sp³-hybridized carbons (Fsp3) is 0.727. The Labute approximate surface area is 91.3 Å². The summed E-state index contributed by atoms with van der Waals surface area (Å²) in [5, 5.41) is 16.3. The van der Waals surface area contributed by atoms with Crippen molar-refractivity contribution < 1.29 is 5.11 Å². The van der Waals surface area contributed by atoms with Gasteiger partial charge in [-0.15, -0.1) is 0 Å². The molecule has 0 aliphatic rings. The molecule has 4 nitrogen and oxygen atoms in total. The van der Waals surface area contributed by atoms with Gasteiger partial charge in [0.15, 0.2) is 0 Å². The number of rotatable bonds is 6. The van der Waals surface area contributed by atoms with Gasteiger partial charge in [0.25, 0.3) is 0 Å². The number of aromatic nitrogens is 2. The molecule has 15 heavy (non-hydrogen) atoms. The first-order valence-corrected chi connectivity index (χ1v) is 5.57. The maximum absolute atomic E-state index is 8.76. The van der Waals surface area contributed by atoms with E-state index in [9.17, 15) is 0 Å². The van der Waals surface area contributed by atoms with Crippen molar-refractivity contribution in [2.24, 2.45) is 5.92 Å². The smallest absolute Gasteiger partial charge is 0.0728 e. The maximum atomic E-state index is 8.76. The molecule has 0 radical (unpaired) electrons. The lowest BCUT2D eigenvalue weighted by Gasteiger charge is -2.19. The number of nitrogens with zero attached hydrogens (tertiary/aromatic N) is 2. The van der Waals surface area contributed by atoms with Gasteiger partial charge in [-0.2, -0.15) is 5.10 Å². The van der Waals surface area contributed by atoms with Crippen molar-refractivity contribution in [2.45, 2.75) is 39.8 Å². The van der Waals surface area contributed by atoms with E-state index in [1.807, 2.05) is 6.20 Å². The number of hydrogen-bond acceptors (Lipinski definition) is 3. The van der Waals surface area contributed by atoms with E-state index in [0.717, 1.165) is 5.69 Å². The second-order valence-corrected chi connectivity index (χ2v) is 4.03. The fourth-order valence-electron chi connectivity index (χ4n) is 1.42. The average molecular weight is 211 g/mol. The largest absolute Gasteiger partial charge is 0.394 e. The Hall–Kier alpha value is -1.03. The monoisotopic (exact) mass is 211 g/mol. The molecule has 0 aliphatic carbocycles. The van der Waals surface area contributed by atoms with Crippen LogP contribution in [-0.4, -0.2) is 27.5 Å². The topological polar surface area (TPSA) is 50.1 Å². The molecule has 0 aromatic carbocycles. The third-order valence-electron chi connectivity index (χ3n) is 2.85. The van der Waals surface area contributed by atoms with Crippen molar-refractivity contribution in [3.05, 3.63) is 12.4 Å². The highest BCUT2D eigenvalue weighted by atomic mass is 16.3. The Bertz CT molecular complexity index is 285. The Morgan fingerprint density at radius 3 is 2.87 bits per heavy atom. The Kier molecular flexibility index (Phi) is 4.62. The standard InChI is InChI=1S/C11H21N3O/c1-4-9(2)10(3)13-11-7-12-14(8-11)5-6-15/h7-10,13,15H,4-6H2,1-3H3. The van der Waals surface area contributed by atoms with E-state index in [4.69, 9.17) is 5.11 Å². The van der Waals surface area contributed by atoms with Crippen LogP contribution >= 0.6 is 0 Å². The normalized spacial score (nSPS) is 14.9. The van der Waals surface area contributed by atoms with Crippen molar-refractivity contribution in [3.63, 3.8) is 0 Å². The first-order valence-electron chi connectivity index (χ1n) is 5.57. The van der Waals surface area contributed by atoms with Crippen LogP contribution in [0.15, 0.2) is 12.4 Å². The summed E-state index contributed by atoms with van der Waals surface area (Å²) in [5.41, 5.74) is 1.02. The minimum atomic E-state index is 0.127. The first-order chi connectivity index (χ1) is 7.17. The zero-order valence-electron chi connectivity index (χ0n) is 9.77. The third kappa shape index (κ3) is 3.55. The van der Waals surface area contributed by atoms with Crippen LogP contribution in [0.1, 0.15) is 27.2 Å². The predicted molar refractivity (Wildman–Crippen MR) is 61.9 cm³/mol. The summed E-state index contributed by atoms with van der Waals surface area (Å²) >= 11 is 0. The lowest BCUT2D eigenvalue weighted by molar-refractivity contribution is 0.269. The van der Waals surface area contributed by atoms with Gasteiger partial charge < -0.3 is 10.4 Å². The van der Waals surface area contributed by atoms with Gasteiger partial charge in [0.1, 0.15) is 0 Å². The molecule has 86 valence electrons. The number of anilines is 1. The summed E-state index contributed by atoms with van der Waals surface area (Å²) in [6.07, 6.45) is 4.89. The van der Waals surface area contributed by atoms with E-state index < -0.39 is 0 Å². The molecule has 4 heteroatoms. The van der Waals surface area contributed by atoms with Gasteiger partial charge in [0.2, 0.25) is 0 Å². The molecule has 0 saturated carbocycles. The molecule has 0 aliphatic heterocycles. The molecule has 0 saturated heterocycles. The van der Waals surface area contributed by atoms with E-state index in [2.05, 4.69) is 31.2 Å². The van der Waals surface area contributed by atoms with E-state index >= 15 is 0 Å². The molecule has 0 fully saturated rings. The van der Waals surface area contributed by atoms with Gasteiger partial charge in [-0.05, 0) is 12.8 Å². The number of aliphatic hydroxyl groups is 1. The Morgan fingerprint density at radius 1 is 1.53 bits per heavy atom. The van der Waals surface area contributed by atoms with Gasteiger partial charge in [-0.3, -0.25) is 4.68 Å². The van der Waals surface area contributed by atoms with Gasteiger partial charge in [-0.25, -0.2) is 0 Å². The van der Waals surface area contributed by atoms with E-state index in [1.54, 1.807) is 10.9 Å². The average Bonchev–Trinajstić information content (AvgIpc) is 2.65. The highest BCUT2D eigenvalue weighted by Crippen LogP contribution is 2.13. The fourth-order valence-corrected chi connectivity index (χ4v) is 1.42. The van der Waals surface area contributed by atoms with Crippen molar-refractivity contribution in [1.29, 1.82) is 0 Å². The molecule has 2 unspecified atom stereocenters. The summed E-state index contributed by atoms with van der Waals surface area (Å²) in [6.45, 7) is 7.28. The molecule has 1 aromatic rings. The number of nitrogens with one attached hydrogen (secondary N) is 1. The molecular weight excluding hydrogens is 190 g/mol. The van der Waals surface area contributed by atoms with Crippen LogP contribution < -0.4 is 5.32 Å². The summed E-state index contributed by atoms with van der Waals surface area (Å²) < 4.78 is 1.74. The summed E-state index contributed by atoms with van der Waals surface area (Å²) in [5.74, 6) is 0.645. The molecule has 1 heterocycles. The third-order valence-corrected chi connectivity index (χ3v) is 2.85. The van der Waals surface area contributed by atoms with Crippen molar-refractivity contribution in [2.75, 3.05) is 11.9 Å². The van der Waals surface area contributed by atoms with Gasteiger partial charge in [0, 0.05) is 12.2 Å². The molecule has 0 bridgehead atoms. The van der Waals surface area contributed by atoms with E-state index in [-0.39, 0.29) is 6.61 Å². The lowest BCUT2D eigenvalue weighted by atomic mass is 10.0. The van der Waals surface area contributed by atoms with Crippen LogP contribution in [0.25, 0.3) is 0 Å². The number of aliphatic hydroxyl groups excluding tert-OH is 1. The Balaban J connectivity index is 2.49. The lowest BCUT2D eigenvalue weighted by Crippen LogP contribution is -2.22. The van der Waals surface area contributed by atoms with Gasteiger partial charge in [0.05, 0.1) is 25.0 Å². The molecule has 2 N–H and O–H groups in total. The molecule has 0 amide bonds. The molecule has 1 rings (SSSR count). The van der Waals surface area contributed by atoms with E-state index in [1.165, 1.54) is 6.42 Å². The van der Waals surface area contributed by atoms with E-state index in [0.29, 0.717) is 18.5 Å². The SMILES string of the molecule is CCC(C)C(C)Nc1cnn(CCO)c1. The van der Waals surface area contributed by atoms with Crippen LogP contribution in [-0.2, 0) is 6.54 Å². The van der Waals surface area contributed by atoms with Crippen molar-refractivity contribution in [3.8, 4) is 0 Å². The van der Waals surface area contributed by atoms with Crippen LogP contribution in [0.3, 0.4) is 0 Å². The summed E-state index contributed by atoms with van der Waals surface area (Å²) in [7, 11) is 0. The minimum Gasteiger partial charge on any atom is -0.394 e. The van der Waals surface area contributed by atoms with Crippen LogP contribution in [0, 0.1) is 5.92 Å². The summed E-state index contributed by atoms with van der Waals surface area (Å²) in [4.78, 5) is 0. The highest BCUT2D eigenvalue weighted by Gasteiger charge is 2.10. The molecule has 0 spiro atoms. The predicted octanol–water partition coefficient (Wildman–Crippen LogP) is 1.72. The molecule has 1 aromatic heterocycles. The minimum absolute atomic E-state index is 0.127. The van der Waals surface area contributed by atoms with Crippen LogP contribution in [0.5, 0.6) is 0 Å². The van der Waals surface area contributed by atoms with Gasteiger partial charge >= 0.3 is 0 Å².